The first kappa shape index (κ1) is 15.2. The molecule has 110 valence electrons. The molecular weight excluding hydrogens is 286 g/mol. The number of thiocarbonyl (C=S) groups is 1. The molecule has 1 amide bonds. The molecule has 0 unspecified atom stereocenters. The third-order valence-electron chi connectivity index (χ3n) is 2.62. The zero-order chi connectivity index (χ0) is 15.6. The van der Waals surface area contributed by atoms with Crippen LogP contribution in [0, 0.1) is 0 Å². The van der Waals surface area contributed by atoms with Crippen molar-refractivity contribution in [1.82, 2.24) is 4.98 Å². The third-order valence-corrected chi connectivity index (χ3v) is 2.83. The van der Waals surface area contributed by atoms with Crippen LogP contribution < -0.4 is 11.1 Å². The predicted molar refractivity (Wildman–Crippen MR) is 87.5 cm³/mol. The van der Waals surface area contributed by atoms with Gasteiger partial charge in [-0.3, -0.25) is 10.3 Å². The van der Waals surface area contributed by atoms with Crippen molar-refractivity contribution in [2.24, 2.45) is 5.73 Å². The number of carbonyl (C=O) groups is 1. The van der Waals surface area contributed by atoms with Crippen molar-refractivity contribution < 1.29 is 9.53 Å². The number of fused-ring (bicyclic) bond motifs is 1. The molecule has 1 heterocycles. The second-order valence-corrected chi connectivity index (χ2v) is 6.06. The molecule has 6 heteroatoms. The number of hydrogen-bond donors (Lipinski definition) is 2. The van der Waals surface area contributed by atoms with Crippen molar-refractivity contribution in [3.63, 3.8) is 0 Å². The largest absolute Gasteiger partial charge is 0.444 e. The Balaban J connectivity index is 2.25. The van der Waals surface area contributed by atoms with Crippen molar-refractivity contribution in [1.29, 1.82) is 0 Å². The predicted octanol–water partition coefficient (Wildman–Crippen LogP) is 3.22. The Morgan fingerprint density at radius 3 is 2.62 bits per heavy atom. The number of nitrogens with one attached hydrogen (secondary N) is 1. The van der Waals surface area contributed by atoms with Crippen molar-refractivity contribution >= 4 is 39.8 Å². The van der Waals surface area contributed by atoms with Gasteiger partial charge in [0.05, 0.1) is 5.69 Å². The van der Waals surface area contributed by atoms with E-state index < -0.39 is 11.7 Å². The fourth-order valence-corrected chi connectivity index (χ4v) is 1.89. The summed E-state index contributed by atoms with van der Waals surface area (Å²) in [5.74, 6) is 0. The van der Waals surface area contributed by atoms with E-state index in [9.17, 15) is 4.79 Å². The van der Waals surface area contributed by atoms with Crippen molar-refractivity contribution in [3.05, 3.63) is 36.2 Å². The Labute approximate surface area is 128 Å². The maximum Gasteiger partial charge on any atom is 0.412 e. The molecule has 1 aromatic heterocycles. The molecule has 0 fully saturated rings. The number of ether oxygens (including phenoxy) is 1. The Morgan fingerprint density at radius 2 is 2.00 bits per heavy atom. The van der Waals surface area contributed by atoms with E-state index in [0.717, 1.165) is 10.8 Å². The highest BCUT2D eigenvalue weighted by atomic mass is 32.1. The molecular formula is C15H17N3O2S. The molecule has 0 bridgehead atoms. The van der Waals surface area contributed by atoms with E-state index in [2.05, 4.69) is 10.3 Å². The number of aromatic nitrogens is 1. The van der Waals surface area contributed by atoms with Gasteiger partial charge in [0.1, 0.15) is 10.6 Å². The van der Waals surface area contributed by atoms with Crippen LogP contribution in [-0.2, 0) is 4.74 Å². The SMILES string of the molecule is CC(C)(C)OC(=O)Nc1ccc2cnc(C(N)=S)cc2c1. The quantitative estimate of drug-likeness (QED) is 0.833. The van der Waals surface area contributed by atoms with Gasteiger partial charge in [-0.1, -0.05) is 18.3 Å². The minimum Gasteiger partial charge on any atom is -0.444 e. The summed E-state index contributed by atoms with van der Waals surface area (Å²) in [4.78, 5) is 16.2. The number of pyridine rings is 1. The first-order valence-corrected chi connectivity index (χ1v) is 6.85. The molecule has 2 aromatic rings. The van der Waals surface area contributed by atoms with E-state index in [-0.39, 0.29) is 4.99 Å². The normalized spacial score (nSPS) is 11.2. The van der Waals surface area contributed by atoms with E-state index in [1.807, 2.05) is 32.9 Å². The highest BCUT2D eigenvalue weighted by Crippen LogP contribution is 2.20. The Morgan fingerprint density at radius 1 is 1.29 bits per heavy atom. The number of anilines is 1. The van der Waals surface area contributed by atoms with Crippen LogP contribution in [0.2, 0.25) is 0 Å². The molecule has 0 radical (unpaired) electrons. The van der Waals surface area contributed by atoms with Crippen LogP contribution in [0.1, 0.15) is 26.5 Å². The van der Waals surface area contributed by atoms with Gasteiger partial charge < -0.3 is 10.5 Å². The minimum atomic E-state index is -0.538. The lowest BCUT2D eigenvalue weighted by Crippen LogP contribution is -2.27. The summed E-state index contributed by atoms with van der Waals surface area (Å²) in [5.41, 5.74) is 6.22. The average molecular weight is 303 g/mol. The number of rotatable bonds is 2. The lowest BCUT2D eigenvalue weighted by atomic mass is 10.1. The van der Waals surface area contributed by atoms with Crippen molar-refractivity contribution in [2.75, 3.05) is 5.32 Å². The first-order valence-electron chi connectivity index (χ1n) is 6.44. The molecule has 0 spiro atoms. The lowest BCUT2D eigenvalue weighted by molar-refractivity contribution is 0.0636. The summed E-state index contributed by atoms with van der Waals surface area (Å²) in [6, 6.07) is 7.26. The second kappa shape index (κ2) is 5.65. The summed E-state index contributed by atoms with van der Waals surface area (Å²) in [7, 11) is 0. The molecule has 0 atom stereocenters. The standard InChI is InChI=1S/C15H17N3O2S/c1-15(2,3)20-14(19)18-11-5-4-9-8-17-12(13(16)21)7-10(9)6-11/h4-8H,1-3H3,(H2,16,21)(H,18,19). The number of nitrogens with zero attached hydrogens (tertiary/aromatic N) is 1. The zero-order valence-electron chi connectivity index (χ0n) is 12.1. The smallest absolute Gasteiger partial charge is 0.412 e. The van der Waals surface area contributed by atoms with E-state index in [0.29, 0.717) is 11.4 Å². The summed E-state index contributed by atoms with van der Waals surface area (Å²) in [5, 5.41) is 4.52. The van der Waals surface area contributed by atoms with Crippen molar-refractivity contribution in [3.8, 4) is 0 Å². The van der Waals surface area contributed by atoms with Gasteiger partial charge >= 0.3 is 6.09 Å². The number of benzene rings is 1. The maximum atomic E-state index is 11.8. The highest BCUT2D eigenvalue weighted by molar-refractivity contribution is 7.80. The summed E-state index contributed by atoms with van der Waals surface area (Å²) in [6.07, 6.45) is 1.20. The number of hydrogen-bond acceptors (Lipinski definition) is 4. The second-order valence-electron chi connectivity index (χ2n) is 5.62. The maximum absolute atomic E-state index is 11.8. The summed E-state index contributed by atoms with van der Waals surface area (Å²) < 4.78 is 5.21. The Kier molecular flexibility index (Phi) is 4.09. The van der Waals surface area contributed by atoms with Crippen LogP contribution in [0.5, 0.6) is 0 Å². The molecule has 0 aliphatic heterocycles. The summed E-state index contributed by atoms with van der Waals surface area (Å²) >= 11 is 4.91. The van der Waals surface area contributed by atoms with E-state index >= 15 is 0 Å². The van der Waals surface area contributed by atoms with E-state index in [4.69, 9.17) is 22.7 Å². The molecule has 1 aromatic carbocycles. The van der Waals surface area contributed by atoms with Crippen LogP contribution in [0.3, 0.4) is 0 Å². The number of nitrogens with two attached hydrogens (primary N) is 1. The minimum absolute atomic E-state index is 0.238. The lowest BCUT2D eigenvalue weighted by Gasteiger charge is -2.19. The molecule has 0 saturated heterocycles. The van der Waals surface area contributed by atoms with Gasteiger partial charge in [0.15, 0.2) is 0 Å². The highest BCUT2D eigenvalue weighted by Gasteiger charge is 2.16. The fourth-order valence-electron chi connectivity index (χ4n) is 1.77. The topological polar surface area (TPSA) is 77.2 Å². The van der Waals surface area contributed by atoms with Crippen LogP contribution in [0.4, 0.5) is 10.5 Å². The van der Waals surface area contributed by atoms with Gasteiger partial charge in [0, 0.05) is 17.3 Å². The molecule has 2 rings (SSSR count). The molecule has 21 heavy (non-hydrogen) atoms. The number of amides is 1. The van der Waals surface area contributed by atoms with Crippen molar-refractivity contribution in [2.45, 2.75) is 26.4 Å². The van der Waals surface area contributed by atoms with Crippen LogP contribution in [-0.4, -0.2) is 21.7 Å². The molecule has 3 N–H and O–H groups in total. The van der Waals surface area contributed by atoms with Gasteiger partial charge in [0.25, 0.3) is 0 Å². The Bertz CT molecular complexity index is 708. The third kappa shape index (κ3) is 4.13. The fraction of sp³-hybridized carbons (Fsp3) is 0.267. The Hall–Kier alpha value is -2.21. The molecule has 0 aliphatic carbocycles. The van der Waals surface area contributed by atoms with Crippen LogP contribution in [0.15, 0.2) is 30.5 Å². The van der Waals surface area contributed by atoms with Gasteiger partial charge in [-0.25, -0.2) is 4.79 Å². The van der Waals surface area contributed by atoms with Gasteiger partial charge in [-0.2, -0.15) is 0 Å². The zero-order valence-corrected chi connectivity index (χ0v) is 13.0. The monoisotopic (exact) mass is 303 g/mol. The van der Waals surface area contributed by atoms with Crippen LogP contribution in [0.25, 0.3) is 10.8 Å². The summed E-state index contributed by atoms with van der Waals surface area (Å²) in [6.45, 7) is 5.44. The van der Waals surface area contributed by atoms with Gasteiger partial charge in [-0.05, 0) is 44.4 Å². The van der Waals surface area contributed by atoms with Gasteiger partial charge in [-0.15, -0.1) is 0 Å². The molecule has 0 saturated carbocycles. The van der Waals surface area contributed by atoms with E-state index in [1.165, 1.54) is 0 Å². The average Bonchev–Trinajstić information content (AvgIpc) is 2.35. The van der Waals surface area contributed by atoms with Crippen LogP contribution >= 0.6 is 12.2 Å². The molecule has 5 nitrogen and oxygen atoms in total. The van der Waals surface area contributed by atoms with E-state index in [1.54, 1.807) is 18.3 Å². The number of carbonyl (C=O) groups excluding carboxylic acids is 1. The molecule has 0 aliphatic rings. The van der Waals surface area contributed by atoms with Gasteiger partial charge in [0.2, 0.25) is 0 Å². The first-order chi connectivity index (χ1) is 9.74.